The number of Topliss-reactive ketones (excluding diaryl/α,β-unsaturated/α-hetero) is 1. The number of hydrogen-bond acceptors (Lipinski definition) is 5. The SMILES string of the molecule is COC(=O)C1=C[C@H]2C=C(C)[C@@H]1[C@]1(CCC(=O)O1)C2=O. The molecule has 3 aliphatic carbocycles. The van der Waals surface area contributed by atoms with Crippen LogP contribution < -0.4 is 0 Å². The molecule has 5 heteroatoms. The topological polar surface area (TPSA) is 69.7 Å². The molecule has 0 amide bonds. The maximum Gasteiger partial charge on any atom is 0.334 e. The molecule has 1 heterocycles. The number of methoxy groups -OCH3 is 1. The Morgan fingerprint density at radius 1 is 1.42 bits per heavy atom. The van der Waals surface area contributed by atoms with Gasteiger partial charge in [-0.1, -0.05) is 17.7 Å². The van der Waals surface area contributed by atoms with Crippen molar-refractivity contribution in [1.29, 1.82) is 0 Å². The Morgan fingerprint density at radius 2 is 2.16 bits per heavy atom. The van der Waals surface area contributed by atoms with Crippen LogP contribution in [0.3, 0.4) is 0 Å². The minimum atomic E-state index is -1.18. The van der Waals surface area contributed by atoms with E-state index in [2.05, 4.69) is 0 Å². The molecule has 0 aromatic rings. The van der Waals surface area contributed by atoms with Crippen LogP contribution in [0.1, 0.15) is 19.8 Å². The first-order valence-electron chi connectivity index (χ1n) is 6.24. The Bertz CT molecular complexity index is 556. The molecule has 5 nitrogen and oxygen atoms in total. The van der Waals surface area contributed by atoms with Gasteiger partial charge >= 0.3 is 11.9 Å². The molecule has 1 aliphatic heterocycles. The van der Waals surface area contributed by atoms with Gasteiger partial charge < -0.3 is 9.47 Å². The highest BCUT2D eigenvalue weighted by Gasteiger charge is 2.61. The smallest absolute Gasteiger partial charge is 0.334 e. The molecule has 19 heavy (non-hydrogen) atoms. The van der Waals surface area contributed by atoms with E-state index >= 15 is 0 Å². The van der Waals surface area contributed by atoms with Crippen molar-refractivity contribution in [3.05, 3.63) is 23.3 Å². The molecule has 2 bridgehead atoms. The molecule has 3 atom stereocenters. The van der Waals surface area contributed by atoms with Gasteiger partial charge in [0.2, 0.25) is 0 Å². The van der Waals surface area contributed by atoms with Crippen molar-refractivity contribution in [2.45, 2.75) is 25.4 Å². The molecular formula is C14H14O5. The number of carbonyl (C=O) groups is 3. The summed E-state index contributed by atoms with van der Waals surface area (Å²) in [5.41, 5.74) is 0.141. The largest absolute Gasteiger partial charge is 0.466 e. The molecule has 0 saturated carbocycles. The van der Waals surface area contributed by atoms with E-state index in [1.165, 1.54) is 7.11 Å². The zero-order chi connectivity index (χ0) is 13.8. The van der Waals surface area contributed by atoms with Crippen molar-refractivity contribution < 1.29 is 23.9 Å². The van der Waals surface area contributed by atoms with Gasteiger partial charge in [-0.25, -0.2) is 4.79 Å². The van der Waals surface area contributed by atoms with E-state index < -0.39 is 23.4 Å². The van der Waals surface area contributed by atoms with Gasteiger partial charge in [-0.3, -0.25) is 9.59 Å². The predicted octanol–water partition coefficient (Wildman–Crippen LogP) is 0.937. The highest BCUT2D eigenvalue weighted by atomic mass is 16.6. The molecule has 1 spiro atoms. The minimum Gasteiger partial charge on any atom is -0.466 e. The highest BCUT2D eigenvalue weighted by Crippen LogP contribution is 2.51. The third-order valence-electron chi connectivity index (χ3n) is 4.17. The van der Waals surface area contributed by atoms with Gasteiger partial charge in [-0.05, 0) is 6.92 Å². The number of ketones is 1. The van der Waals surface area contributed by atoms with Crippen LogP contribution in [-0.2, 0) is 23.9 Å². The highest BCUT2D eigenvalue weighted by molar-refractivity contribution is 6.04. The molecule has 1 saturated heterocycles. The van der Waals surface area contributed by atoms with Crippen LogP contribution in [0.4, 0.5) is 0 Å². The first kappa shape index (κ1) is 12.1. The van der Waals surface area contributed by atoms with Crippen LogP contribution in [0.25, 0.3) is 0 Å². The Hall–Kier alpha value is -1.91. The van der Waals surface area contributed by atoms with Gasteiger partial charge in [0.15, 0.2) is 11.4 Å². The summed E-state index contributed by atoms with van der Waals surface area (Å²) in [6.45, 7) is 1.86. The lowest BCUT2D eigenvalue weighted by molar-refractivity contribution is -0.164. The molecule has 1 fully saturated rings. The Kier molecular flexibility index (Phi) is 2.42. The second-order valence-electron chi connectivity index (χ2n) is 5.21. The molecule has 0 aromatic carbocycles. The monoisotopic (exact) mass is 262 g/mol. The first-order chi connectivity index (χ1) is 8.99. The van der Waals surface area contributed by atoms with Crippen molar-refractivity contribution in [2.24, 2.45) is 11.8 Å². The molecule has 4 rings (SSSR count). The lowest BCUT2D eigenvalue weighted by atomic mass is 9.61. The number of carbonyl (C=O) groups excluding carboxylic acids is 3. The molecular weight excluding hydrogens is 248 g/mol. The normalized spacial score (nSPS) is 36.1. The summed E-state index contributed by atoms with van der Waals surface area (Å²) in [6.07, 6.45) is 4.02. The maximum absolute atomic E-state index is 12.4. The fourth-order valence-electron chi connectivity index (χ4n) is 3.43. The number of esters is 2. The zero-order valence-electron chi connectivity index (χ0n) is 10.8. The maximum atomic E-state index is 12.4. The molecule has 0 radical (unpaired) electrons. The average Bonchev–Trinajstić information content (AvgIpc) is 2.76. The third kappa shape index (κ3) is 1.44. The fourth-order valence-corrected chi connectivity index (χ4v) is 3.43. The molecule has 100 valence electrons. The molecule has 0 unspecified atom stereocenters. The zero-order valence-corrected chi connectivity index (χ0v) is 10.8. The number of rotatable bonds is 1. The standard InChI is InChI=1S/C14H14O5/c1-7-5-8-6-9(13(17)18-2)11(7)14(12(8)16)4-3-10(15)19-14/h5-6,8,11H,3-4H2,1-2H3/t8-,11+,14-/m1/s1. The average molecular weight is 262 g/mol. The van der Waals surface area contributed by atoms with E-state index in [1.54, 1.807) is 6.08 Å². The lowest BCUT2D eigenvalue weighted by Crippen LogP contribution is -2.55. The van der Waals surface area contributed by atoms with Gasteiger partial charge in [0.1, 0.15) is 0 Å². The summed E-state index contributed by atoms with van der Waals surface area (Å²) < 4.78 is 10.1. The van der Waals surface area contributed by atoms with Crippen LogP contribution >= 0.6 is 0 Å². The van der Waals surface area contributed by atoms with E-state index in [1.807, 2.05) is 13.0 Å². The van der Waals surface area contributed by atoms with Gasteiger partial charge in [-0.2, -0.15) is 0 Å². The van der Waals surface area contributed by atoms with Crippen LogP contribution in [0, 0.1) is 11.8 Å². The summed E-state index contributed by atoms with van der Waals surface area (Å²) in [4.78, 5) is 35.8. The van der Waals surface area contributed by atoms with Crippen LogP contribution in [0.5, 0.6) is 0 Å². The van der Waals surface area contributed by atoms with Crippen molar-refractivity contribution in [2.75, 3.05) is 7.11 Å². The second-order valence-corrected chi connectivity index (χ2v) is 5.21. The Morgan fingerprint density at radius 3 is 2.74 bits per heavy atom. The fraction of sp³-hybridized carbons (Fsp3) is 0.500. The van der Waals surface area contributed by atoms with Crippen LogP contribution in [-0.4, -0.2) is 30.4 Å². The second kappa shape index (κ2) is 3.79. The van der Waals surface area contributed by atoms with Crippen molar-refractivity contribution in [3.63, 3.8) is 0 Å². The van der Waals surface area contributed by atoms with Gasteiger partial charge in [0, 0.05) is 18.4 Å². The van der Waals surface area contributed by atoms with E-state index in [0.29, 0.717) is 12.0 Å². The number of ether oxygens (including phenoxy) is 2. The number of allylic oxidation sites excluding steroid dienone is 2. The van der Waals surface area contributed by atoms with Crippen molar-refractivity contribution in [3.8, 4) is 0 Å². The Labute approximate surface area is 110 Å². The summed E-state index contributed by atoms with van der Waals surface area (Å²) in [5, 5.41) is 0. The summed E-state index contributed by atoms with van der Waals surface area (Å²) >= 11 is 0. The van der Waals surface area contributed by atoms with Gasteiger partial charge in [0.05, 0.1) is 18.9 Å². The van der Waals surface area contributed by atoms with Crippen molar-refractivity contribution >= 4 is 17.7 Å². The van der Waals surface area contributed by atoms with Crippen LogP contribution in [0.15, 0.2) is 23.3 Å². The third-order valence-corrected chi connectivity index (χ3v) is 4.17. The van der Waals surface area contributed by atoms with E-state index in [9.17, 15) is 14.4 Å². The van der Waals surface area contributed by atoms with Crippen LogP contribution in [0.2, 0.25) is 0 Å². The minimum absolute atomic E-state index is 0.124. The lowest BCUT2D eigenvalue weighted by Gasteiger charge is -2.44. The number of hydrogen-bond donors (Lipinski definition) is 0. The molecule has 0 aromatic heterocycles. The summed E-state index contributed by atoms with van der Waals surface area (Å²) in [6, 6.07) is 0. The van der Waals surface area contributed by atoms with Gasteiger partial charge in [-0.15, -0.1) is 0 Å². The predicted molar refractivity (Wildman–Crippen MR) is 63.9 cm³/mol. The van der Waals surface area contributed by atoms with E-state index in [4.69, 9.17) is 9.47 Å². The van der Waals surface area contributed by atoms with E-state index in [-0.39, 0.29) is 18.2 Å². The summed E-state index contributed by atoms with van der Waals surface area (Å²) in [5.74, 6) is -1.95. The quantitative estimate of drug-likeness (QED) is 0.519. The Balaban J connectivity index is 2.12. The molecule has 4 aliphatic rings. The first-order valence-corrected chi connectivity index (χ1v) is 6.24. The van der Waals surface area contributed by atoms with E-state index in [0.717, 1.165) is 5.57 Å². The molecule has 0 N–H and O–H groups in total. The summed E-state index contributed by atoms with van der Waals surface area (Å²) in [7, 11) is 1.31. The van der Waals surface area contributed by atoms with Gasteiger partial charge in [0.25, 0.3) is 0 Å². The van der Waals surface area contributed by atoms with Crippen molar-refractivity contribution in [1.82, 2.24) is 0 Å².